The quantitative estimate of drug-likeness (QED) is 0.491. The van der Waals surface area contributed by atoms with Crippen LogP contribution in [0.2, 0.25) is 0 Å². The molecular weight excluding hydrogens is 358 g/mol. The van der Waals surface area contributed by atoms with Crippen LogP contribution in [0.4, 0.5) is 0 Å². The summed E-state index contributed by atoms with van der Waals surface area (Å²) in [6, 6.07) is 11.0. The topological polar surface area (TPSA) is 54.0 Å². The summed E-state index contributed by atoms with van der Waals surface area (Å²) in [5, 5.41) is 0.923. The molecule has 7 heteroatoms. The molecule has 5 nitrogen and oxygen atoms in total. The van der Waals surface area contributed by atoms with Gasteiger partial charge in [0, 0.05) is 12.1 Å². The van der Waals surface area contributed by atoms with Crippen LogP contribution >= 0.6 is 8.58 Å². The van der Waals surface area contributed by atoms with Crippen LogP contribution in [0, 0.1) is 5.92 Å². The van der Waals surface area contributed by atoms with Gasteiger partial charge in [-0.3, -0.25) is 4.79 Å². The molecule has 142 valence electrons. The molecule has 0 radical (unpaired) electrons. The molecule has 2 aromatic carbocycles. The van der Waals surface area contributed by atoms with E-state index in [1.807, 2.05) is 24.3 Å². The van der Waals surface area contributed by atoms with Gasteiger partial charge in [-0.1, -0.05) is 26.0 Å². The summed E-state index contributed by atoms with van der Waals surface area (Å²) < 4.78 is 21.6. The summed E-state index contributed by atoms with van der Waals surface area (Å²) in [5.74, 6) is 2.73. The van der Waals surface area contributed by atoms with Crippen molar-refractivity contribution >= 4 is 38.3 Å². The van der Waals surface area contributed by atoms with Gasteiger partial charge in [0.15, 0.2) is 5.52 Å². The Morgan fingerprint density at radius 3 is 1.93 bits per heavy atom. The molecule has 1 atom stereocenters. The first-order valence-corrected chi connectivity index (χ1v) is 9.32. The second kappa shape index (κ2) is 11.2. The van der Waals surface area contributed by atoms with Crippen molar-refractivity contribution in [2.45, 2.75) is 13.8 Å². The monoisotopic (exact) mass is 384 g/mol. The normalized spacial score (nSPS) is 10.6. The van der Waals surface area contributed by atoms with E-state index in [1.165, 1.54) is 14.2 Å². The Morgan fingerprint density at radius 2 is 1.48 bits per heavy atom. The number of rotatable bonds is 9. The standard InChI is InChI=1S/C20H25O5P.Li.H/c1-13(2)12-25-14-6-8-16(9-7-14)26-20(21)19-17(23-4)10-15(22-3)11-18(19)24-5;;/h6-11,13,26H,12H2,1-5H3;;. The molecule has 0 amide bonds. The van der Waals surface area contributed by atoms with Crippen LogP contribution in [0.25, 0.3) is 0 Å². The molecule has 1 unspecified atom stereocenters. The van der Waals surface area contributed by atoms with Gasteiger partial charge in [-0.05, 0) is 31.9 Å². The molecule has 0 N–H and O–H groups in total. The van der Waals surface area contributed by atoms with Crippen LogP contribution in [0.15, 0.2) is 36.4 Å². The molecule has 0 spiro atoms. The predicted molar refractivity (Wildman–Crippen MR) is 112 cm³/mol. The minimum atomic E-state index is -0.0581. The van der Waals surface area contributed by atoms with Crippen LogP contribution in [0.5, 0.6) is 23.0 Å². The maximum atomic E-state index is 12.9. The molecule has 0 saturated heterocycles. The summed E-state index contributed by atoms with van der Waals surface area (Å²) in [4.78, 5) is 12.9. The van der Waals surface area contributed by atoms with E-state index >= 15 is 0 Å². The minimum absolute atomic E-state index is 0. The summed E-state index contributed by atoms with van der Waals surface area (Å²) >= 11 is 0. The van der Waals surface area contributed by atoms with Crippen LogP contribution in [0.3, 0.4) is 0 Å². The average Bonchev–Trinajstić information content (AvgIpc) is 2.65. The van der Waals surface area contributed by atoms with Crippen molar-refractivity contribution in [1.29, 1.82) is 0 Å². The van der Waals surface area contributed by atoms with Gasteiger partial charge in [0.05, 0.1) is 27.9 Å². The molecule has 0 fully saturated rings. The predicted octanol–water partition coefficient (Wildman–Crippen LogP) is 3.24. The van der Waals surface area contributed by atoms with Crippen molar-refractivity contribution in [3.8, 4) is 23.0 Å². The van der Waals surface area contributed by atoms with Gasteiger partial charge in [0.25, 0.3) is 0 Å². The van der Waals surface area contributed by atoms with E-state index in [2.05, 4.69) is 13.8 Å². The number of carbonyl (C=O) groups is 1. The summed E-state index contributed by atoms with van der Waals surface area (Å²) in [6.45, 7) is 4.87. The molecule has 0 heterocycles. The maximum absolute atomic E-state index is 12.9. The molecule has 0 saturated carbocycles. The van der Waals surface area contributed by atoms with E-state index in [1.54, 1.807) is 19.2 Å². The summed E-state index contributed by atoms with van der Waals surface area (Å²) in [5.41, 5.74) is 0.367. The molecule has 0 aliphatic carbocycles. The molecular formula is C20H26LiO5P. The third kappa shape index (κ3) is 6.47. The van der Waals surface area contributed by atoms with Crippen molar-refractivity contribution in [3.05, 3.63) is 42.0 Å². The van der Waals surface area contributed by atoms with Crippen LogP contribution in [-0.2, 0) is 0 Å². The number of methoxy groups -OCH3 is 3. The number of hydrogen-bond donors (Lipinski definition) is 0. The molecule has 0 aromatic heterocycles. The zero-order valence-corrected chi connectivity index (χ0v) is 16.8. The fourth-order valence-corrected chi connectivity index (χ4v) is 3.29. The molecule has 0 bridgehead atoms. The van der Waals surface area contributed by atoms with Crippen molar-refractivity contribution in [2.24, 2.45) is 5.92 Å². The van der Waals surface area contributed by atoms with Gasteiger partial charge in [0.1, 0.15) is 28.6 Å². The molecule has 0 aliphatic rings. The summed E-state index contributed by atoms with van der Waals surface area (Å²) in [6.07, 6.45) is 0. The fraction of sp³-hybridized carbons (Fsp3) is 0.350. The van der Waals surface area contributed by atoms with Crippen LogP contribution in [0.1, 0.15) is 24.2 Å². The van der Waals surface area contributed by atoms with Crippen molar-refractivity contribution < 1.29 is 23.7 Å². The number of hydrogen-bond acceptors (Lipinski definition) is 5. The van der Waals surface area contributed by atoms with E-state index in [9.17, 15) is 4.79 Å². The van der Waals surface area contributed by atoms with Gasteiger partial charge in [-0.2, -0.15) is 0 Å². The Balaban J connectivity index is 0.00000364. The Kier molecular flexibility index (Phi) is 9.73. The molecule has 27 heavy (non-hydrogen) atoms. The molecule has 2 aromatic rings. The zero-order valence-electron chi connectivity index (χ0n) is 15.8. The third-order valence-corrected chi connectivity index (χ3v) is 4.74. The number of carbonyl (C=O) groups excluding carboxylic acids is 1. The van der Waals surface area contributed by atoms with Crippen molar-refractivity contribution in [3.63, 3.8) is 0 Å². The first kappa shape index (κ1) is 23.4. The first-order valence-electron chi connectivity index (χ1n) is 8.32. The summed E-state index contributed by atoms with van der Waals surface area (Å²) in [7, 11) is 4.55. The van der Waals surface area contributed by atoms with E-state index in [0.29, 0.717) is 35.3 Å². The van der Waals surface area contributed by atoms with Gasteiger partial charge in [-0.25, -0.2) is 0 Å². The number of benzene rings is 2. The second-order valence-electron chi connectivity index (χ2n) is 6.09. The first-order chi connectivity index (χ1) is 12.5. The van der Waals surface area contributed by atoms with E-state index in [0.717, 1.165) is 11.1 Å². The van der Waals surface area contributed by atoms with Crippen molar-refractivity contribution in [2.75, 3.05) is 27.9 Å². The van der Waals surface area contributed by atoms with Gasteiger partial charge < -0.3 is 18.9 Å². The molecule has 2 rings (SSSR count). The van der Waals surface area contributed by atoms with E-state index in [-0.39, 0.29) is 33.0 Å². The molecule has 0 aliphatic heterocycles. The Morgan fingerprint density at radius 1 is 0.926 bits per heavy atom. The van der Waals surface area contributed by atoms with E-state index < -0.39 is 0 Å². The van der Waals surface area contributed by atoms with E-state index in [4.69, 9.17) is 18.9 Å². The van der Waals surface area contributed by atoms with Crippen LogP contribution in [-0.4, -0.2) is 52.3 Å². The third-order valence-electron chi connectivity index (χ3n) is 3.64. The van der Waals surface area contributed by atoms with Gasteiger partial charge >= 0.3 is 18.9 Å². The van der Waals surface area contributed by atoms with Crippen molar-refractivity contribution in [1.82, 2.24) is 0 Å². The Hall–Kier alpha value is -1.66. The zero-order chi connectivity index (χ0) is 19.1. The Labute approximate surface area is 174 Å². The average molecular weight is 384 g/mol. The second-order valence-corrected chi connectivity index (χ2v) is 7.37. The number of ether oxygens (including phenoxy) is 4. The Bertz CT molecular complexity index is 722. The van der Waals surface area contributed by atoms with Gasteiger partial charge in [-0.15, -0.1) is 0 Å². The van der Waals surface area contributed by atoms with Gasteiger partial charge in [0.2, 0.25) is 0 Å². The fourth-order valence-electron chi connectivity index (χ4n) is 2.32. The van der Waals surface area contributed by atoms with Crippen LogP contribution < -0.4 is 24.3 Å². The SMILES string of the molecule is COc1cc(OC)c(C(=O)Pc2ccc(OCC(C)C)cc2)c(OC)c1.[LiH].